The number of hydrogen-bond acceptors (Lipinski definition) is 3. The molecule has 2 rings (SSSR count). The zero-order chi connectivity index (χ0) is 12.8. The van der Waals surface area contributed by atoms with Gasteiger partial charge in [0.2, 0.25) is 0 Å². The molecule has 1 N–H and O–H groups in total. The second-order valence-electron chi connectivity index (χ2n) is 5.36. The van der Waals surface area contributed by atoms with Crippen molar-refractivity contribution in [3.05, 3.63) is 30.1 Å². The Labute approximate surface area is 111 Å². The molecule has 0 saturated carbocycles. The van der Waals surface area contributed by atoms with E-state index in [1.54, 1.807) is 0 Å². The SMILES string of the molecule is CC(NCC(C)N1CCCCC1)c1cccnc1. The van der Waals surface area contributed by atoms with Crippen LogP contribution in [0.1, 0.15) is 44.7 Å². The summed E-state index contributed by atoms with van der Waals surface area (Å²) in [7, 11) is 0. The molecule has 1 aromatic rings. The van der Waals surface area contributed by atoms with Crippen LogP contribution in [0.4, 0.5) is 0 Å². The lowest BCUT2D eigenvalue weighted by atomic mass is 10.1. The molecule has 3 nitrogen and oxygen atoms in total. The minimum atomic E-state index is 0.381. The molecule has 2 atom stereocenters. The van der Waals surface area contributed by atoms with Crippen molar-refractivity contribution in [2.75, 3.05) is 19.6 Å². The molecule has 3 heteroatoms. The maximum atomic E-state index is 4.17. The first-order valence-corrected chi connectivity index (χ1v) is 7.14. The van der Waals surface area contributed by atoms with Gasteiger partial charge in [0.15, 0.2) is 0 Å². The van der Waals surface area contributed by atoms with Crippen molar-refractivity contribution < 1.29 is 0 Å². The molecule has 0 aliphatic carbocycles. The molecule has 2 unspecified atom stereocenters. The first-order chi connectivity index (χ1) is 8.77. The monoisotopic (exact) mass is 247 g/mol. The molecule has 100 valence electrons. The zero-order valence-electron chi connectivity index (χ0n) is 11.6. The summed E-state index contributed by atoms with van der Waals surface area (Å²) in [5, 5.41) is 3.61. The third-order valence-corrected chi connectivity index (χ3v) is 3.92. The molecule has 0 spiro atoms. The number of pyridine rings is 1. The third kappa shape index (κ3) is 3.79. The molecule has 1 aliphatic rings. The Morgan fingerprint density at radius 3 is 2.72 bits per heavy atom. The van der Waals surface area contributed by atoms with Gasteiger partial charge in [0.1, 0.15) is 0 Å². The van der Waals surface area contributed by atoms with Gasteiger partial charge in [-0.1, -0.05) is 12.5 Å². The van der Waals surface area contributed by atoms with Crippen molar-refractivity contribution in [2.45, 2.75) is 45.2 Å². The summed E-state index contributed by atoms with van der Waals surface area (Å²) in [6.07, 6.45) is 7.91. The fraction of sp³-hybridized carbons (Fsp3) is 0.667. The fourth-order valence-corrected chi connectivity index (χ4v) is 2.59. The van der Waals surface area contributed by atoms with Crippen LogP contribution in [0.3, 0.4) is 0 Å². The second kappa shape index (κ2) is 6.86. The Hall–Kier alpha value is -0.930. The summed E-state index contributed by atoms with van der Waals surface area (Å²) >= 11 is 0. The van der Waals surface area contributed by atoms with Gasteiger partial charge >= 0.3 is 0 Å². The van der Waals surface area contributed by atoms with Gasteiger partial charge in [-0.2, -0.15) is 0 Å². The van der Waals surface area contributed by atoms with Gasteiger partial charge in [-0.3, -0.25) is 9.88 Å². The quantitative estimate of drug-likeness (QED) is 0.867. The molecular weight excluding hydrogens is 222 g/mol. The number of nitrogens with zero attached hydrogens (tertiary/aromatic N) is 2. The average Bonchev–Trinajstić information content (AvgIpc) is 2.46. The van der Waals surface area contributed by atoms with Crippen LogP contribution in [-0.4, -0.2) is 35.6 Å². The summed E-state index contributed by atoms with van der Waals surface area (Å²) in [4.78, 5) is 6.78. The molecule has 1 aromatic heterocycles. The number of nitrogens with one attached hydrogen (secondary N) is 1. The van der Waals surface area contributed by atoms with Crippen LogP contribution in [0.5, 0.6) is 0 Å². The van der Waals surface area contributed by atoms with Crippen molar-refractivity contribution >= 4 is 0 Å². The Balaban J connectivity index is 1.76. The molecule has 1 aliphatic heterocycles. The lowest BCUT2D eigenvalue weighted by Gasteiger charge is -2.33. The number of piperidine rings is 1. The van der Waals surface area contributed by atoms with Crippen LogP contribution in [-0.2, 0) is 0 Å². The number of aromatic nitrogens is 1. The molecule has 0 amide bonds. The van der Waals surface area contributed by atoms with Crippen molar-refractivity contribution in [1.82, 2.24) is 15.2 Å². The number of hydrogen-bond donors (Lipinski definition) is 1. The van der Waals surface area contributed by atoms with E-state index in [4.69, 9.17) is 0 Å². The van der Waals surface area contributed by atoms with Gasteiger partial charge in [-0.25, -0.2) is 0 Å². The largest absolute Gasteiger partial charge is 0.309 e. The fourth-order valence-electron chi connectivity index (χ4n) is 2.59. The van der Waals surface area contributed by atoms with Crippen LogP contribution >= 0.6 is 0 Å². The van der Waals surface area contributed by atoms with Crippen LogP contribution < -0.4 is 5.32 Å². The highest BCUT2D eigenvalue weighted by Gasteiger charge is 2.17. The summed E-state index contributed by atoms with van der Waals surface area (Å²) < 4.78 is 0. The van der Waals surface area contributed by atoms with E-state index in [1.165, 1.54) is 37.9 Å². The van der Waals surface area contributed by atoms with Gasteiger partial charge in [-0.05, 0) is 51.4 Å². The van der Waals surface area contributed by atoms with E-state index in [2.05, 4.69) is 35.1 Å². The average molecular weight is 247 g/mol. The first kappa shape index (κ1) is 13.5. The molecule has 2 heterocycles. The smallest absolute Gasteiger partial charge is 0.0315 e. The van der Waals surface area contributed by atoms with Crippen molar-refractivity contribution in [2.24, 2.45) is 0 Å². The minimum Gasteiger partial charge on any atom is -0.309 e. The van der Waals surface area contributed by atoms with Crippen LogP contribution in [0, 0.1) is 0 Å². The molecular formula is C15H25N3. The molecule has 1 fully saturated rings. The Bertz CT molecular complexity index is 333. The van der Waals surface area contributed by atoms with Gasteiger partial charge in [0.25, 0.3) is 0 Å². The first-order valence-electron chi connectivity index (χ1n) is 7.14. The third-order valence-electron chi connectivity index (χ3n) is 3.92. The van der Waals surface area contributed by atoms with Gasteiger partial charge in [-0.15, -0.1) is 0 Å². The lowest BCUT2D eigenvalue weighted by molar-refractivity contribution is 0.168. The number of likely N-dealkylation sites (tertiary alicyclic amines) is 1. The molecule has 0 radical (unpaired) electrons. The van der Waals surface area contributed by atoms with Crippen LogP contribution in [0.15, 0.2) is 24.5 Å². The van der Waals surface area contributed by atoms with E-state index in [9.17, 15) is 0 Å². The van der Waals surface area contributed by atoms with Gasteiger partial charge in [0, 0.05) is 31.0 Å². The predicted molar refractivity (Wildman–Crippen MR) is 75.5 cm³/mol. The highest BCUT2D eigenvalue weighted by atomic mass is 15.2. The van der Waals surface area contributed by atoms with E-state index >= 15 is 0 Å². The molecule has 0 bridgehead atoms. The minimum absolute atomic E-state index is 0.381. The summed E-state index contributed by atoms with van der Waals surface area (Å²) in [6, 6.07) is 5.15. The Kier molecular flexibility index (Phi) is 5.14. The summed E-state index contributed by atoms with van der Waals surface area (Å²) in [5.41, 5.74) is 1.27. The van der Waals surface area contributed by atoms with Crippen LogP contribution in [0.2, 0.25) is 0 Å². The molecule has 0 aromatic carbocycles. The van der Waals surface area contributed by atoms with Crippen LogP contribution in [0.25, 0.3) is 0 Å². The molecule has 18 heavy (non-hydrogen) atoms. The predicted octanol–water partition coefficient (Wildman–Crippen LogP) is 2.61. The normalized spacial score (nSPS) is 20.6. The van der Waals surface area contributed by atoms with Crippen molar-refractivity contribution in [3.63, 3.8) is 0 Å². The second-order valence-corrected chi connectivity index (χ2v) is 5.36. The van der Waals surface area contributed by atoms with E-state index in [0.717, 1.165) is 6.54 Å². The summed E-state index contributed by atoms with van der Waals surface area (Å²) in [5.74, 6) is 0. The van der Waals surface area contributed by atoms with E-state index in [1.807, 2.05) is 18.5 Å². The lowest BCUT2D eigenvalue weighted by Crippen LogP contribution is -2.43. The van der Waals surface area contributed by atoms with E-state index in [0.29, 0.717) is 12.1 Å². The van der Waals surface area contributed by atoms with E-state index < -0.39 is 0 Å². The maximum Gasteiger partial charge on any atom is 0.0315 e. The Morgan fingerprint density at radius 2 is 2.06 bits per heavy atom. The van der Waals surface area contributed by atoms with E-state index in [-0.39, 0.29) is 0 Å². The summed E-state index contributed by atoms with van der Waals surface area (Å²) in [6.45, 7) is 8.12. The highest BCUT2D eigenvalue weighted by Crippen LogP contribution is 2.13. The van der Waals surface area contributed by atoms with Gasteiger partial charge < -0.3 is 5.32 Å². The van der Waals surface area contributed by atoms with Crippen molar-refractivity contribution in [3.8, 4) is 0 Å². The Morgan fingerprint density at radius 1 is 1.28 bits per heavy atom. The molecule has 1 saturated heterocycles. The topological polar surface area (TPSA) is 28.2 Å². The zero-order valence-corrected chi connectivity index (χ0v) is 11.6. The highest BCUT2D eigenvalue weighted by molar-refractivity contribution is 5.12. The standard InChI is InChI=1S/C15H25N3/c1-13(18-9-4-3-5-10-18)11-17-14(2)15-7-6-8-16-12-15/h6-8,12-14,17H,3-5,9-11H2,1-2H3. The van der Waals surface area contributed by atoms with Crippen molar-refractivity contribution in [1.29, 1.82) is 0 Å². The maximum absolute atomic E-state index is 4.17. The number of rotatable bonds is 5. The van der Waals surface area contributed by atoms with Gasteiger partial charge in [0.05, 0.1) is 0 Å².